The molecule has 0 saturated heterocycles. The highest BCUT2D eigenvalue weighted by atomic mass is 16.5. The summed E-state index contributed by atoms with van der Waals surface area (Å²) < 4.78 is 6.90. The minimum Gasteiger partial charge on any atom is -0.461 e. The van der Waals surface area contributed by atoms with E-state index in [0.29, 0.717) is 23.4 Å². The van der Waals surface area contributed by atoms with Crippen molar-refractivity contribution in [2.24, 2.45) is 0 Å². The molecule has 0 fully saturated rings. The number of carbonyl (C=O) groups excluding carboxylic acids is 3. The maximum atomic E-state index is 12.8. The van der Waals surface area contributed by atoms with Gasteiger partial charge in [0.05, 0.1) is 12.6 Å². The van der Waals surface area contributed by atoms with Crippen LogP contribution < -0.4 is 0 Å². The SMILES string of the molecule is CCOC(=O)c1c(C)c(C(=O)C(C)N(C)C(C)=O)c(C)n1CC. The van der Waals surface area contributed by atoms with Gasteiger partial charge in [0, 0.05) is 31.8 Å². The number of ether oxygens (including phenoxy) is 1. The first-order valence-electron chi connectivity index (χ1n) is 7.83. The topological polar surface area (TPSA) is 68.6 Å². The van der Waals surface area contributed by atoms with E-state index in [9.17, 15) is 14.4 Å². The lowest BCUT2D eigenvalue weighted by atomic mass is 10.00. The number of Topliss-reactive ketones (excluding diaryl/α,β-unsaturated/α-hetero) is 1. The van der Waals surface area contributed by atoms with Crippen LogP contribution in [0.2, 0.25) is 0 Å². The van der Waals surface area contributed by atoms with Gasteiger partial charge in [0.1, 0.15) is 5.69 Å². The van der Waals surface area contributed by atoms with E-state index in [4.69, 9.17) is 4.74 Å². The van der Waals surface area contributed by atoms with Gasteiger partial charge in [-0.1, -0.05) is 0 Å². The Bertz CT molecular complexity index is 631. The fraction of sp³-hybridized carbons (Fsp3) is 0.588. The van der Waals surface area contributed by atoms with Gasteiger partial charge in [-0.2, -0.15) is 0 Å². The van der Waals surface area contributed by atoms with Crippen molar-refractivity contribution in [3.05, 3.63) is 22.5 Å². The first-order chi connectivity index (χ1) is 10.7. The molecule has 1 aromatic heterocycles. The molecular formula is C17H26N2O4. The van der Waals surface area contributed by atoms with Crippen LogP contribution in [0.5, 0.6) is 0 Å². The van der Waals surface area contributed by atoms with Gasteiger partial charge >= 0.3 is 5.97 Å². The summed E-state index contributed by atoms with van der Waals surface area (Å²) in [5.74, 6) is -0.779. The van der Waals surface area contributed by atoms with Crippen molar-refractivity contribution in [2.75, 3.05) is 13.7 Å². The lowest BCUT2D eigenvalue weighted by Gasteiger charge is -2.22. The van der Waals surface area contributed by atoms with Crippen molar-refractivity contribution in [3.8, 4) is 0 Å². The van der Waals surface area contributed by atoms with Crippen molar-refractivity contribution in [3.63, 3.8) is 0 Å². The van der Waals surface area contributed by atoms with E-state index in [-0.39, 0.29) is 18.3 Å². The van der Waals surface area contributed by atoms with Crippen LogP contribution in [0.1, 0.15) is 59.8 Å². The average molecular weight is 322 g/mol. The van der Waals surface area contributed by atoms with Gasteiger partial charge in [0.25, 0.3) is 0 Å². The van der Waals surface area contributed by atoms with Crippen LogP contribution in [0.15, 0.2) is 0 Å². The van der Waals surface area contributed by atoms with Gasteiger partial charge in [-0.15, -0.1) is 0 Å². The average Bonchev–Trinajstić information content (AvgIpc) is 2.75. The zero-order valence-electron chi connectivity index (χ0n) is 15.0. The monoisotopic (exact) mass is 322 g/mol. The second-order valence-electron chi connectivity index (χ2n) is 5.57. The minimum absolute atomic E-state index is 0.171. The number of ketones is 1. The summed E-state index contributed by atoms with van der Waals surface area (Å²) in [5.41, 5.74) is 2.24. The molecule has 1 amide bonds. The Labute approximate surface area is 137 Å². The summed E-state index contributed by atoms with van der Waals surface area (Å²) in [6.45, 7) is 11.2. The second-order valence-corrected chi connectivity index (χ2v) is 5.57. The molecule has 0 aliphatic rings. The van der Waals surface area contributed by atoms with Crippen LogP contribution >= 0.6 is 0 Å². The Morgan fingerprint density at radius 1 is 1.22 bits per heavy atom. The molecule has 1 aromatic rings. The number of hydrogen-bond acceptors (Lipinski definition) is 4. The molecule has 0 N–H and O–H groups in total. The highest BCUT2D eigenvalue weighted by molar-refractivity contribution is 6.06. The molecule has 6 heteroatoms. The molecule has 1 atom stereocenters. The van der Waals surface area contributed by atoms with Gasteiger partial charge in [0.15, 0.2) is 5.78 Å². The van der Waals surface area contributed by atoms with Crippen LogP contribution in [0.4, 0.5) is 0 Å². The third-order valence-electron chi connectivity index (χ3n) is 4.26. The number of hydrogen-bond donors (Lipinski definition) is 0. The molecule has 0 saturated carbocycles. The Morgan fingerprint density at radius 3 is 2.22 bits per heavy atom. The lowest BCUT2D eigenvalue weighted by molar-refractivity contribution is -0.128. The first-order valence-corrected chi connectivity index (χ1v) is 7.83. The minimum atomic E-state index is -0.590. The Kier molecular flexibility index (Phi) is 6.12. The molecule has 6 nitrogen and oxygen atoms in total. The largest absolute Gasteiger partial charge is 0.461 e. The molecule has 1 heterocycles. The molecule has 0 aliphatic heterocycles. The van der Waals surface area contributed by atoms with E-state index < -0.39 is 12.0 Å². The van der Waals surface area contributed by atoms with Gasteiger partial charge in [-0.05, 0) is 40.2 Å². The van der Waals surface area contributed by atoms with E-state index in [1.54, 1.807) is 32.4 Å². The van der Waals surface area contributed by atoms with Crippen molar-refractivity contribution in [2.45, 2.75) is 54.1 Å². The first kappa shape index (κ1) is 18.9. The van der Waals surface area contributed by atoms with E-state index in [1.807, 2.05) is 13.8 Å². The summed E-state index contributed by atoms with van der Waals surface area (Å²) in [6.07, 6.45) is 0. The van der Waals surface area contributed by atoms with Gasteiger partial charge in [-0.3, -0.25) is 9.59 Å². The standard InChI is InChI=1S/C17H26N2O4/c1-8-19-11(4)14(10(3)15(19)17(22)23-9-2)16(21)12(5)18(7)13(6)20/h12H,8-9H2,1-7H3. The third kappa shape index (κ3) is 3.46. The number of likely N-dealkylation sites (N-methyl/N-ethyl adjacent to an activating group) is 1. The fourth-order valence-corrected chi connectivity index (χ4v) is 2.77. The molecule has 128 valence electrons. The zero-order chi connectivity index (χ0) is 17.9. The molecule has 1 rings (SSSR count). The molecule has 0 bridgehead atoms. The third-order valence-corrected chi connectivity index (χ3v) is 4.26. The predicted octanol–water partition coefficient (Wildman–Crippen LogP) is 2.35. The molecule has 0 aromatic carbocycles. The predicted molar refractivity (Wildman–Crippen MR) is 87.8 cm³/mol. The van der Waals surface area contributed by atoms with E-state index in [2.05, 4.69) is 0 Å². The van der Waals surface area contributed by atoms with E-state index in [0.717, 1.165) is 5.69 Å². The summed E-state index contributed by atoms with van der Waals surface area (Å²) >= 11 is 0. The fourth-order valence-electron chi connectivity index (χ4n) is 2.77. The van der Waals surface area contributed by atoms with Crippen molar-refractivity contribution in [1.82, 2.24) is 9.47 Å². The molecule has 1 unspecified atom stereocenters. The van der Waals surface area contributed by atoms with Gasteiger partial charge < -0.3 is 14.2 Å². The quantitative estimate of drug-likeness (QED) is 0.595. The maximum absolute atomic E-state index is 12.8. The second kappa shape index (κ2) is 7.44. The highest BCUT2D eigenvalue weighted by Crippen LogP contribution is 2.25. The molecule has 0 radical (unpaired) electrons. The Balaban J connectivity index is 3.41. The Morgan fingerprint density at radius 2 is 1.78 bits per heavy atom. The van der Waals surface area contributed by atoms with Crippen molar-refractivity contribution < 1.29 is 19.1 Å². The smallest absolute Gasteiger partial charge is 0.355 e. The number of amides is 1. The van der Waals surface area contributed by atoms with Crippen molar-refractivity contribution in [1.29, 1.82) is 0 Å². The number of carbonyl (C=O) groups is 3. The van der Waals surface area contributed by atoms with E-state index >= 15 is 0 Å². The summed E-state index contributed by atoms with van der Waals surface area (Å²) in [5, 5.41) is 0. The van der Waals surface area contributed by atoms with Crippen molar-refractivity contribution >= 4 is 17.7 Å². The Hall–Kier alpha value is -2.11. The van der Waals surface area contributed by atoms with Crippen LogP contribution in [0.25, 0.3) is 0 Å². The van der Waals surface area contributed by atoms with Crippen LogP contribution in [0, 0.1) is 13.8 Å². The van der Waals surface area contributed by atoms with Gasteiger partial charge in [-0.25, -0.2) is 4.79 Å². The number of esters is 1. The molecule has 0 spiro atoms. The van der Waals surface area contributed by atoms with Crippen LogP contribution in [0.3, 0.4) is 0 Å². The normalized spacial score (nSPS) is 12.0. The maximum Gasteiger partial charge on any atom is 0.355 e. The summed E-state index contributed by atoms with van der Waals surface area (Å²) in [7, 11) is 1.60. The molecule has 23 heavy (non-hydrogen) atoms. The summed E-state index contributed by atoms with van der Waals surface area (Å²) in [4.78, 5) is 38.0. The number of aromatic nitrogens is 1. The molecule has 0 aliphatic carbocycles. The summed E-state index contributed by atoms with van der Waals surface area (Å²) in [6, 6.07) is -0.590. The van der Waals surface area contributed by atoms with E-state index in [1.165, 1.54) is 11.8 Å². The lowest BCUT2D eigenvalue weighted by Crippen LogP contribution is -2.39. The highest BCUT2D eigenvalue weighted by Gasteiger charge is 2.30. The van der Waals surface area contributed by atoms with Crippen LogP contribution in [-0.2, 0) is 16.1 Å². The number of nitrogens with zero attached hydrogens (tertiary/aromatic N) is 2. The molecular weight excluding hydrogens is 296 g/mol. The van der Waals surface area contributed by atoms with Gasteiger partial charge in [0.2, 0.25) is 5.91 Å². The zero-order valence-corrected chi connectivity index (χ0v) is 15.0. The van der Waals surface area contributed by atoms with Crippen LogP contribution in [-0.4, -0.2) is 46.8 Å². The number of rotatable bonds is 6.